The highest BCUT2D eigenvalue weighted by Gasteiger charge is 2.16. The average molecular weight is 246 g/mol. The van der Waals surface area contributed by atoms with Crippen molar-refractivity contribution >= 4 is 0 Å². The van der Waals surface area contributed by atoms with Crippen LogP contribution in [0.25, 0.3) is 0 Å². The van der Waals surface area contributed by atoms with Crippen LogP contribution in [0, 0.1) is 5.92 Å². The summed E-state index contributed by atoms with van der Waals surface area (Å²) < 4.78 is 0. The number of piperazine rings is 1. The van der Waals surface area contributed by atoms with Crippen LogP contribution in [-0.2, 0) is 6.54 Å². The van der Waals surface area contributed by atoms with Crippen molar-refractivity contribution in [2.24, 2.45) is 5.92 Å². The highest BCUT2D eigenvalue weighted by molar-refractivity contribution is 5.14. The van der Waals surface area contributed by atoms with E-state index in [2.05, 4.69) is 54.0 Å². The second-order valence-electron chi connectivity index (χ2n) is 5.79. The summed E-state index contributed by atoms with van der Waals surface area (Å²) in [6.45, 7) is 11.9. The molecule has 1 saturated heterocycles. The monoisotopic (exact) mass is 246 g/mol. The van der Waals surface area contributed by atoms with Gasteiger partial charge in [0.2, 0.25) is 0 Å². The highest BCUT2D eigenvalue weighted by atomic mass is 15.3. The largest absolute Gasteiger partial charge is 0.301 e. The first kappa shape index (κ1) is 13.6. The lowest BCUT2D eigenvalue weighted by molar-refractivity contribution is 0.123. The van der Waals surface area contributed by atoms with Crippen LogP contribution in [-0.4, -0.2) is 42.5 Å². The van der Waals surface area contributed by atoms with E-state index in [0.29, 0.717) is 0 Å². The molecule has 18 heavy (non-hydrogen) atoms. The van der Waals surface area contributed by atoms with E-state index in [0.717, 1.165) is 12.5 Å². The van der Waals surface area contributed by atoms with Crippen molar-refractivity contribution in [3.8, 4) is 0 Å². The molecule has 0 saturated carbocycles. The van der Waals surface area contributed by atoms with E-state index in [9.17, 15) is 0 Å². The number of benzene rings is 1. The molecule has 2 heteroatoms. The van der Waals surface area contributed by atoms with E-state index in [4.69, 9.17) is 0 Å². The molecule has 0 bridgehead atoms. The molecule has 1 fully saturated rings. The van der Waals surface area contributed by atoms with Gasteiger partial charge in [-0.15, -0.1) is 0 Å². The zero-order chi connectivity index (χ0) is 12.8. The van der Waals surface area contributed by atoms with E-state index >= 15 is 0 Å². The van der Waals surface area contributed by atoms with E-state index < -0.39 is 0 Å². The molecule has 0 atom stereocenters. The van der Waals surface area contributed by atoms with Crippen LogP contribution >= 0.6 is 0 Å². The lowest BCUT2D eigenvalue weighted by Gasteiger charge is -2.35. The second kappa shape index (κ2) is 6.91. The zero-order valence-corrected chi connectivity index (χ0v) is 11.8. The molecule has 0 aromatic heterocycles. The van der Waals surface area contributed by atoms with Crippen molar-refractivity contribution < 1.29 is 0 Å². The lowest BCUT2D eigenvalue weighted by atomic mass is 10.1. The van der Waals surface area contributed by atoms with Gasteiger partial charge in [0.15, 0.2) is 0 Å². The smallest absolute Gasteiger partial charge is 0.0234 e. The van der Waals surface area contributed by atoms with Gasteiger partial charge in [0.1, 0.15) is 0 Å². The summed E-state index contributed by atoms with van der Waals surface area (Å²) in [6.07, 6.45) is 1.33. The maximum atomic E-state index is 2.61. The summed E-state index contributed by atoms with van der Waals surface area (Å²) in [6, 6.07) is 10.8. The number of rotatable bonds is 5. The van der Waals surface area contributed by atoms with Gasteiger partial charge >= 0.3 is 0 Å². The Morgan fingerprint density at radius 1 is 0.944 bits per heavy atom. The van der Waals surface area contributed by atoms with Gasteiger partial charge < -0.3 is 4.90 Å². The molecular weight excluding hydrogens is 220 g/mol. The van der Waals surface area contributed by atoms with E-state index in [-0.39, 0.29) is 0 Å². The van der Waals surface area contributed by atoms with Crippen molar-refractivity contribution in [2.45, 2.75) is 26.8 Å². The molecule has 2 rings (SSSR count). The maximum Gasteiger partial charge on any atom is 0.0234 e. The van der Waals surface area contributed by atoms with Crippen LogP contribution in [0.1, 0.15) is 25.8 Å². The highest BCUT2D eigenvalue weighted by Crippen LogP contribution is 2.10. The van der Waals surface area contributed by atoms with E-state index in [1.165, 1.54) is 44.7 Å². The minimum atomic E-state index is 0.826. The predicted octanol–water partition coefficient (Wildman–Crippen LogP) is 2.85. The summed E-state index contributed by atoms with van der Waals surface area (Å²) in [5.74, 6) is 0.826. The first-order chi connectivity index (χ1) is 8.74. The number of nitrogens with zero attached hydrogens (tertiary/aromatic N) is 2. The molecular formula is C16H26N2. The topological polar surface area (TPSA) is 6.48 Å². The molecule has 1 aromatic rings. The van der Waals surface area contributed by atoms with E-state index in [1.54, 1.807) is 0 Å². The maximum absolute atomic E-state index is 2.61. The SMILES string of the molecule is CC(C)CCN1CCN(Cc2ccccc2)CC1. The molecule has 1 heterocycles. The Morgan fingerprint density at radius 2 is 1.56 bits per heavy atom. The van der Waals surface area contributed by atoms with Gasteiger partial charge in [-0.05, 0) is 24.4 Å². The Balaban J connectivity index is 1.70. The van der Waals surface area contributed by atoms with Gasteiger partial charge in [0, 0.05) is 32.7 Å². The van der Waals surface area contributed by atoms with Gasteiger partial charge in [0.05, 0.1) is 0 Å². The van der Waals surface area contributed by atoms with Gasteiger partial charge in [-0.25, -0.2) is 0 Å². The fourth-order valence-electron chi connectivity index (χ4n) is 2.45. The van der Waals surface area contributed by atoms with Crippen LogP contribution in [0.3, 0.4) is 0 Å². The molecule has 0 N–H and O–H groups in total. The van der Waals surface area contributed by atoms with Crippen LogP contribution in [0.4, 0.5) is 0 Å². The fourth-order valence-corrected chi connectivity index (χ4v) is 2.45. The zero-order valence-electron chi connectivity index (χ0n) is 11.8. The fraction of sp³-hybridized carbons (Fsp3) is 0.625. The summed E-state index contributed by atoms with van der Waals surface area (Å²) >= 11 is 0. The molecule has 1 aliphatic rings. The van der Waals surface area contributed by atoms with Crippen molar-refractivity contribution in [1.29, 1.82) is 0 Å². The second-order valence-corrected chi connectivity index (χ2v) is 5.79. The standard InChI is InChI=1S/C16H26N2/c1-15(2)8-9-17-10-12-18(13-11-17)14-16-6-4-3-5-7-16/h3-7,15H,8-14H2,1-2H3. The van der Waals surface area contributed by atoms with E-state index in [1.807, 2.05) is 0 Å². The van der Waals surface area contributed by atoms with Crippen molar-refractivity contribution in [3.05, 3.63) is 35.9 Å². The first-order valence-electron chi connectivity index (χ1n) is 7.22. The molecule has 1 aliphatic heterocycles. The molecule has 1 aromatic carbocycles. The minimum Gasteiger partial charge on any atom is -0.301 e. The average Bonchev–Trinajstić information content (AvgIpc) is 2.39. The summed E-state index contributed by atoms with van der Waals surface area (Å²) in [5.41, 5.74) is 1.44. The van der Waals surface area contributed by atoms with Crippen LogP contribution < -0.4 is 0 Å². The van der Waals surface area contributed by atoms with Gasteiger partial charge in [-0.3, -0.25) is 4.90 Å². The molecule has 2 nitrogen and oxygen atoms in total. The Hall–Kier alpha value is -0.860. The summed E-state index contributed by atoms with van der Waals surface area (Å²) in [7, 11) is 0. The predicted molar refractivity (Wildman–Crippen MR) is 77.6 cm³/mol. The third-order valence-electron chi connectivity index (χ3n) is 3.74. The normalized spacial score (nSPS) is 18.4. The molecule has 0 aliphatic carbocycles. The molecule has 0 spiro atoms. The Kier molecular flexibility index (Phi) is 5.21. The Labute approximate surface area is 112 Å². The van der Waals surface area contributed by atoms with Crippen molar-refractivity contribution in [2.75, 3.05) is 32.7 Å². The third-order valence-corrected chi connectivity index (χ3v) is 3.74. The molecule has 0 amide bonds. The minimum absolute atomic E-state index is 0.826. The quantitative estimate of drug-likeness (QED) is 0.788. The molecule has 0 unspecified atom stereocenters. The van der Waals surface area contributed by atoms with Crippen LogP contribution in [0.15, 0.2) is 30.3 Å². The van der Waals surface area contributed by atoms with Crippen LogP contribution in [0.2, 0.25) is 0 Å². The first-order valence-corrected chi connectivity index (χ1v) is 7.22. The van der Waals surface area contributed by atoms with Crippen LogP contribution in [0.5, 0.6) is 0 Å². The lowest BCUT2D eigenvalue weighted by Crippen LogP contribution is -2.46. The molecule has 0 radical (unpaired) electrons. The van der Waals surface area contributed by atoms with Gasteiger partial charge in [-0.1, -0.05) is 44.2 Å². The Bertz CT molecular complexity index is 326. The van der Waals surface area contributed by atoms with Gasteiger partial charge in [0.25, 0.3) is 0 Å². The number of hydrogen-bond acceptors (Lipinski definition) is 2. The van der Waals surface area contributed by atoms with Crippen molar-refractivity contribution in [1.82, 2.24) is 9.80 Å². The summed E-state index contributed by atoms with van der Waals surface area (Å²) in [5, 5.41) is 0. The van der Waals surface area contributed by atoms with Crippen molar-refractivity contribution in [3.63, 3.8) is 0 Å². The summed E-state index contributed by atoms with van der Waals surface area (Å²) in [4.78, 5) is 5.18. The third kappa shape index (κ3) is 4.43. The Morgan fingerprint density at radius 3 is 2.17 bits per heavy atom. The van der Waals surface area contributed by atoms with Gasteiger partial charge in [-0.2, -0.15) is 0 Å². The number of hydrogen-bond donors (Lipinski definition) is 0. The molecule has 100 valence electrons.